The molecule has 0 radical (unpaired) electrons. The highest BCUT2D eigenvalue weighted by Gasteiger charge is 2.29. The van der Waals surface area contributed by atoms with Crippen molar-refractivity contribution in [1.82, 2.24) is 9.88 Å². The predicted octanol–water partition coefficient (Wildman–Crippen LogP) is 4.99. The largest absolute Gasteiger partial charge is 0.497 e. The molecule has 1 aromatic heterocycles. The second-order valence-electron chi connectivity index (χ2n) is 6.83. The van der Waals surface area contributed by atoms with Crippen molar-refractivity contribution >= 4 is 11.3 Å². The molecule has 0 unspecified atom stereocenters. The maximum absolute atomic E-state index is 5.54. The van der Waals surface area contributed by atoms with Gasteiger partial charge in [0.2, 0.25) is 0 Å². The average molecular weight is 381 g/mol. The zero-order valence-electron chi connectivity index (χ0n) is 15.7. The van der Waals surface area contributed by atoms with Gasteiger partial charge < -0.3 is 9.47 Å². The molecule has 0 N–H and O–H groups in total. The normalized spacial score (nSPS) is 13.7. The van der Waals surface area contributed by atoms with Crippen LogP contribution in [0.5, 0.6) is 11.5 Å². The number of methoxy groups -OCH3 is 2. The van der Waals surface area contributed by atoms with E-state index in [0.717, 1.165) is 40.9 Å². The lowest BCUT2D eigenvalue weighted by atomic mass is 10.2. The van der Waals surface area contributed by atoms with Gasteiger partial charge in [0.15, 0.2) is 0 Å². The number of ether oxygens (including phenoxy) is 2. The molecule has 140 valence electrons. The van der Waals surface area contributed by atoms with E-state index in [-0.39, 0.29) is 0 Å². The first-order valence-corrected chi connectivity index (χ1v) is 10.1. The third-order valence-corrected chi connectivity index (χ3v) is 5.77. The summed E-state index contributed by atoms with van der Waals surface area (Å²) in [7, 11) is 3.34. The zero-order valence-corrected chi connectivity index (χ0v) is 16.5. The average Bonchev–Trinajstić information content (AvgIpc) is 3.47. The van der Waals surface area contributed by atoms with Crippen LogP contribution in [0, 0.1) is 0 Å². The second-order valence-corrected chi connectivity index (χ2v) is 7.69. The van der Waals surface area contributed by atoms with Crippen LogP contribution >= 0.6 is 11.3 Å². The summed E-state index contributed by atoms with van der Waals surface area (Å²) in [6.45, 7) is 1.86. The molecule has 1 fully saturated rings. The van der Waals surface area contributed by atoms with Gasteiger partial charge in [0.05, 0.1) is 25.5 Å². The Balaban J connectivity index is 1.52. The molecule has 1 aliphatic rings. The highest BCUT2D eigenvalue weighted by atomic mass is 32.1. The summed E-state index contributed by atoms with van der Waals surface area (Å²) in [5.41, 5.74) is 3.49. The summed E-state index contributed by atoms with van der Waals surface area (Å²) in [5.74, 6) is 1.58. The highest BCUT2D eigenvalue weighted by Crippen LogP contribution is 2.36. The smallest absolute Gasteiger partial charge is 0.132 e. The SMILES string of the molecule is COc1ccc(-c2nc(CN(Cc3ccccc3)C3CC3)cs2)c(OC)c1. The molecule has 1 heterocycles. The molecule has 0 spiro atoms. The van der Waals surface area contributed by atoms with Crippen molar-refractivity contribution in [3.63, 3.8) is 0 Å². The fourth-order valence-corrected chi connectivity index (χ4v) is 4.10. The van der Waals surface area contributed by atoms with Crippen LogP contribution in [0.3, 0.4) is 0 Å². The molecule has 4 rings (SSSR count). The number of aromatic nitrogens is 1. The maximum atomic E-state index is 5.54. The van der Waals surface area contributed by atoms with Gasteiger partial charge in [0, 0.05) is 30.6 Å². The first-order valence-electron chi connectivity index (χ1n) is 9.21. The summed E-state index contributed by atoms with van der Waals surface area (Å²) in [4.78, 5) is 7.43. The molecule has 0 saturated heterocycles. The summed E-state index contributed by atoms with van der Waals surface area (Å²) < 4.78 is 10.8. The molecule has 0 aliphatic heterocycles. The fraction of sp³-hybridized carbons (Fsp3) is 0.318. The third-order valence-electron chi connectivity index (χ3n) is 4.85. The molecular formula is C22H24N2O2S. The molecular weight excluding hydrogens is 356 g/mol. The minimum atomic E-state index is 0.686. The van der Waals surface area contributed by atoms with Crippen molar-refractivity contribution in [2.45, 2.75) is 32.0 Å². The van der Waals surface area contributed by atoms with Crippen LogP contribution in [-0.2, 0) is 13.1 Å². The summed E-state index contributed by atoms with van der Waals surface area (Å²) in [5, 5.41) is 3.15. The van der Waals surface area contributed by atoms with Gasteiger partial charge in [0.25, 0.3) is 0 Å². The molecule has 0 amide bonds. The molecule has 27 heavy (non-hydrogen) atoms. The zero-order chi connectivity index (χ0) is 18.6. The number of rotatable bonds is 8. The van der Waals surface area contributed by atoms with Crippen LogP contribution in [0.15, 0.2) is 53.9 Å². The van der Waals surface area contributed by atoms with Gasteiger partial charge in [-0.1, -0.05) is 30.3 Å². The first kappa shape index (κ1) is 18.0. The molecule has 2 aromatic carbocycles. The van der Waals surface area contributed by atoms with Gasteiger partial charge in [-0.3, -0.25) is 4.90 Å². The van der Waals surface area contributed by atoms with E-state index in [1.807, 2.05) is 18.2 Å². The van der Waals surface area contributed by atoms with Crippen molar-refractivity contribution in [3.05, 3.63) is 65.2 Å². The number of nitrogens with zero attached hydrogens (tertiary/aromatic N) is 2. The standard InChI is InChI=1S/C22H24N2O2S/c1-25-19-10-11-20(21(12-19)26-2)22-23-17(15-27-22)14-24(18-8-9-18)13-16-6-4-3-5-7-16/h3-7,10-12,15,18H,8-9,13-14H2,1-2H3. The first-order chi connectivity index (χ1) is 13.3. The molecule has 1 aliphatic carbocycles. The van der Waals surface area contributed by atoms with Gasteiger partial charge in [-0.2, -0.15) is 0 Å². The summed E-state index contributed by atoms with van der Waals surface area (Å²) in [6.07, 6.45) is 2.58. The van der Waals surface area contributed by atoms with Gasteiger partial charge in [-0.15, -0.1) is 11.3 Å². The minimum absolute atomic E-state index is 0.686. The summed E-state index contributed by atoms with van der Waals surface area (Å²) >= 11 is 1.67. The molecule has 5 heteroatoms. The monoisotopic (exact) mass is 380 g/mol. The van der Waals surface area contributed by atoms with Crippen molar-refractivity contribution in [3.8, 4) is 22.1 Å². The Morgan fingerprint density at radius 2 is 1.85 bits per heavy atom. The van der Waals surface area contributed by atoms with Gasteiger partial charge >= 0.3 is 0 Å². The Labute approximate surface area is 164 Å². The lowest BCUT2D eigenvalue weighted by Crippen LogP contribution is -2.25. The Morgan fingerprint density at radius 3 is 2.56 bits per heavy atom. The minimum Gasteiger partial charge on any atom is -0.497 e. The predicted molar refractivity (Wildman–Crippen MR) is 109 cm³/mol. The Bertz CT molecular complexity index is 890. The summed E-state index contributed by atoms with van der Waals surface area (Å²) in [6, 6.07) is 17.2. The maximum Gasteiger partial charge on any atom is 0.132 e. The highest BCUT2D eigenvalue weighted by molar-refractivity contribution is 7.13. The van der Waals surface area contributed by atoms with Gasteiger partial charge in [0.1, 0.15) is 16.5 Å². The lowest BCUT2D eigenvalue weighted by Gasteiger charge is -2.21. The lowest BCUT2D eigenvalue weighted by molar-refractivity contribution is 0.243. The fourth-order valence-electron chi connectivity index (χ4n) is 3.26. The van der Waals surface area contributed by atoms with Crippen LogP contribution in [0.1, 0.15) is 24.1 Å². The molecule has 0 atom stereocenters. The van der Waals surface area contributed by atoms with Crippen LogP contribution in [-0.4, -0.2) is 30.1 Å². The van der Waals surface area contributed by atoms with E-state index >= 15 is 0 Å². The van der Waals surface area contributed by atoms with E-state index in [2.05, 4.69) is 40.6 Å². The van der Waals surface area contributed by atoms with E-state index < -0.39 is 0 Å². The van der Waals surface area contributed by atoms with Crippen molar-refractivity contribution in [2.24, 2.45) is 0 Å². The second kappa shape index (κ2) is 8.11. The Morgan fingerprint density at radius 1 is 1.04 bits per heavy atom. The number of thiazole rings is 1. The van der Waals surface area contributed by atoms with E-state index in [9.17, 15) is 0 Å². The van der Waals surface area contributed by atoms with E-state index in [0.29, 0.717) is 6.04 Å². The number of benzene rings is 2. The van der Waals surface area contributed by atoms with Crippen LogP contribution < -0.4 is 9.47 Å². The number of hydrogen-bond acceptors (Lipinski definition) is 5. The van der Waals surface area contributed by atoms with E-state index in [1.54, 1.807) is 25.6 Å². The Kier molecular flexibility index (Phi) is 5.41. The molecule has 1 saturated carbocycles. The van der Waals surface area contributed by atoms with Crippen LogP contribution in [0.4, 0.5) is 0 Å². The van der Waals surface area contributed by atoms with Gasteiger partial charge in [-0.05, 0) is 30.5 Å². The van der Waals surface area contributed by atoms with Crippen LogP contribution in [0.2, 0.25) is 0 Å². The topological polar surface area (TPSA) is 34.6 Å². The van der Waals surface area contributed by atoms with Crippen LogP contribution in [0.25, 0.3) is 10.6 Å². The van der Waals surface area contributed by atoms with Crippen molar-refractivity contribution in [2.75, 3.05) is 14.2 Å². The molecule has 0 bridgehead atoms. The number of hydrogen-bond donors (Lipinski definition) is 0. The molecule has 3 aromatic rings. The van der Waals surface area contributed by atoms with E-state index in [1.165, 1.54) is 18.4 Å². The molecule has 4 nitrogen and oxygen atoms in total. The van der Waals surface area contributed by atoms with Crippen molar-refractivity contribution < 1.29 is 9.47 Å². The van der Waals surface area contributed by atoms with Gasteiger partial charge in [-0.25, -0.2) is 4.98 Å². The van der Waals surface area contributed by atoms with E-state index in [4.69, 9.17) is 14.5 Å². The van der Waals surface area contributed by atoms with Crippen molar-refractivity contribution in [1.29, 1.82) is 0 Å². The third kappa shape index (κ3) is 4.31. The quantitative estimate of drug-likeness (QED) is 0.551. The Hall–Kier alpha value is -2.37.